The molecule has 2 aliphatic rings. The molecule has 2 heterocycles. The van der Waals surface area contributed by atoms with E-state index in [0.29, 0.717) is 13.2 Å². The van der Waals surface area contributed by atoms with E-state index in [1.807, 2.05) is 43.6 Å². The van der Waals surface area contributed by atoms with Crippen LogP contribution in [0.25, 0.3) is 0 Å². The maximum atomic E-state index is 12.8. The smallest absolute Gasteiger partial charge is 0.410 e. The Morgan fingerprint density at radius 1 is 1.14 bits per heavy atom. The molecule has 3 atom stereocenters. The fraction of sp³-hybridized carbons (Fsp3) is 0.810. The summed E-state index contributed by atoms with van der Waals surface area (Å²) in [5.74, 6) is 0. The number of hydrogen-bond donors (Lipinski definition) is 0. The predicted octanol–water partition coefficient (Wildman–Crippen LogP) is 4.88. The minimum absolute atomic E-state index is 0.00578. The number of carbonyl (C=O) groups is 2. The predicted molar refractivity (Wildman–Crippen MR) is 114 cm³/mol. The molecule has 0 aromatic carbocycles. The van der Waals surface area contributed by atoms with Crippen LogP contribution in [0.4, 0.5) is 9.59 Å². The molecule has 2 rings (SSSR count). The van der Waals surface area contributed by atoms with Gasteiger partial charge >= 0.3 is 12.2 Å². The molecule has 0 unspecified atom stereocenters. The van der Waals surface area contributed by atoms with Crippen molar-refractivity contribution in [2.45, 2.75) is 96.4 Å². The van der Waals surface area contributed by atoms with Gasteiger partial charge in [0, 0.05) is 14.6 Å². The van der Waals surface area contributed by atoms with Gasteiger partial charge in [0.25, 0.3) is 0 Å². The van der Waals surface area contributed by atoms with Gasteiger partial charge in [-0.2, -0.15) is 0 Å². The van der Waals surface area contributed by atoms with Gasteiger partial charge in [-0.1, -0.05) is 31.8 Å². The van der Waals surface area contributed by atoms with Crippen LogP contribution in [0.3, 0.4) is 0 Å². The van der Waals surface area contributed by atoms with Crippen LogP contribution in [0.5, 0.6) is 0 Å². The molecular weight excluding hydrogens is 372 g/mol. The topological polar surface area (TPSA) is 59.1 Å². The molecule has 2 amide bonds. The van der Waals surface area contributed by atoms with Crippen LogP contribution < -0.4 is 0 Å². The maximum Gasteiger partial charge on any atom is 0.410 e. The molecule has 2 saturated heterocycles. The summed E-state index contributed by atoms with van der Waals surface area (Å²) in [5.41, 5.74) is -0.526. The summed E-state index contributed by atoms with van der Waals surface area (Å²) >= 11 is 0. The van der Waals surface area contributed by atoms with Gasteiger partial charge in [0.1, 0.15) is 5.60 Å². The Balaban J connectivity index is 2.12. The van der Waals surface area contributed by atoms with E-state index in [9.17, 15) is 9.59 Å². The van der Waals surface area contributed by atoms with Crippen LogP contribution in [0, 0.1) is 0 Å². The summed E-state index contributed by atoms with van der Waals surface area (Å²) in [6.45, 7) is 15.4. The number of amides is 2. The highest BCUT2D eigenvalue weighted by Gasteiger charge is 2.50. The quantitative estimate of drug-likeness (QED) is 0.479. The van der Waals surface area contributed by atoms with Crippen molar-refractivity contribution in [3.8, 4) is 0 Å². The second-order valence-electron chi connectivity index (χ2n) is 10.1. The Labute approximate surface area is 171 Å². The number of carbonyl (C=O) groups excluding carboxylic acids is 2. The summed E-state index contributed by atoms with van der Waals surface area (Å²) in [7, 11) is -1.25. The molecule has 2 aliphatic heterocycles. The van der Waals surface area contributed by atoms with Gasteiger partial charge in [-0.05, 0) is 53.0 Å². The number of allylic oxidation sites excluding steroid dienone is 1. The average molecular weight is 411 g/mol. The molecule has 2 fully saturated rings. The average Bonchev–Trinajstić information content (AvgIpc) is 2.86. The van der Waals surface area contributed by atoms with Gasteiger partial charge in [0.2, 0.25) is 0 Å². The van der Waals surface area contributed by atoms with Crippen LogP contribution in [-0.4, -0.2) is 66.9 Å². The van der Waals surface area contributed by atoms with Crippen LogP contribution in [0.2, 0.25) is 25.7 Å². The lowest BCUT2D eigenvalue weighted by Gasteiger charge is -2.46. The van der Waals surface area contributed by atoms with E-state index in [2.05, 4.69) is 25.7 Å². The van der Waals surface area contributed by atoms with Gasteiger partial charge < -0.3 is 14.4 Å². The van der Waals surface area contributed by atoms with Crippen LogP contribution >= 0.6 is 0 Å². The van der Waals surface area contributed by atoms with Crippen LogP contribution in [-0.2, 0) is 9.47 Å². The number of likely N-dealkylation sites (tertiary alicyclic amines) is 1. The zero-order valence-electron chi connectivity index (χ0n) is 18.7. The van der Waals surface area contributed by atoms with E-state index in [0.717, 1.165) is 25.3 Å². The summed E-state index contributed by atoms with van der Waals surface area (Å²) in [5, 5.41) is 0. The Morgan fingerprint density at radius 3 is 2.39 bits per heavy atom. The van der Waals surface area contributed by atoms with Gasteiger partial charge in [0.15, 0.2) is 0 Å². The van der Waals surface area contributed by atoms with Crippen molar-refractivity contribution in [2.75, 3.05) is 13.2 Å². The van der Waals surface area contributed by atoms with E-state index in [4.69, 9.17) is 9.47 Å². The zero-order chi connectivity index (χ0) is 21.1. The van der Waals surface area contributed by atoms with Gasteiger partial charge in [-0.25, -0.2) is 9.59 Å². The Kier molecular flexibility index (Phi) is 7.23. The second-order valence-corrected chi connectivity index (χ2v) is 15.8. The molecule has 0 saturated carbocycles. The molecule has 28 heavy (non-hydrogen) atoms. The van der Waals surface area contributed by atoms with Crippen molar-refractivity contribution >= 4 is 20.3 Å². The van der Waals surface area contributed by atoms with E-state index < -0.39 is 13.7 Å². The lowest BCUT2D eigenvalue weighted by molar-refractivity contribution is -0.0213. The van der Waals surface area contributed by atoms with Crippen molar-refractivity contribution in [1.82, 2.24) is 9.80 Å². The second kappa shape index (κ2) is 8.89. The summed E-state index contributed by atoms with van der Waals surface area (Å²) < 4.78 is 11.3. The number of piperazine rings is 1. The minimum atomic E-state index is -1.25. The number of nitrogens with zero attached hydrogens (tertiary/aromatic N) is 2. The first-order chi connectivity index (χ1) is 12.9. The third-order valence-corrected chi connectivity index (χ3v) is 7.03. The third kappa shape index (κ3) is 6.00. The highest BCUT2D eigenvalue weighted by atomic mass is 28.3. The number of ether oxygens (including phenoxy) is 2. The number of fused-ring (bicyclic) bond motifs is 2. The molecule has 7 heteroatoms. The SMILES string of the molecule is C/C=C\C[C@@H]1[C@@H]2CC[C@H](CN1C(=O)OCC[Si](C)(C)C)N2C(=O)OC(C)(C)C. The van der Waals surface area contributed by atoms with E-state index in [1.54, 1.807) is 0 Å². The number of rotatable bonds is 5. The zero-order valence-corrected chi connectivity index (χ0v) is 19.7. The minimum Gasteiger partial charge on any atom is -0.450 e. The van der Waals surface area contributed by atoms with E-state index >= 15 is 0 Å². The lowest BCUT2D eigenvalue weighted by atomic mass is 10.00. The molecule has 0 N–H and O–H groups in total. The fourth-order valence-electron chi connectivity index (χ4n) is 3.94. The molecular formula is C21H38N2O4Si. The molecule has 0 spiro atoms. The Hall–Kier alpha value is -1.50. The largest absolute Gasteiger partial charge is 0.450 e. The Morgan fingerprint density at radius 2 is 1.82 bits per heavy atom. The maximum absolute atomic E-state index is 12.8. The lowest BCUT2D eigenvalue weighted by Crippen LogP contribution is -2.63. The first-order valence-electron chi connectivity index (χ1n) is 10.5. The molecule has 160 valence electrons. The molecule has 0 aromatic rings. The molecule has 2 bridgehead atoms. The van der Waals surface area contributed by atoms with Crippen molar-refractivity contribution in [3.63, 3.8) is 0 Å². The molecule has 0 aliphatic carbocycles. The summed E-state index contributed by atoms with van der Waals surface area (Å²) in [6.07, 6.45) is 6.06. The Bertz CT molecular complexity index is 594. The monoisotopic (exact) mass is 410 g/mol. The third-order valence-electron chi connectivity index (χ3n) is 5.33. The molecule has 0 radical (unpaired) electrons. The highest BCUT2D eigenvalue weighted by Crippen LogP contribution is 2.37. The van der Waals surface area contributed by atoms with Gasteiger partial charge in [-0.3, -0.25) is 4.90 Å². The van der Waals surface area contributed by atoms with Crippen molar-refractivity contribution in [2.24, 2.45) is 0 Å². The van der Waals surface area contributed by atoms with Crippen LogP contribution in [0.1, 0.15) is 47.0 Å². The van der Waals surface area contributed by atoms with E-state index in [1.165, 1.54) is 0 Å². The summed E-state index contributed by atoms with van der Waals surface area (Å²) in [6, 6.07) is 0.880. The first-order valence-corrected chi connectivity index (χ1v) is 14.2. The van der Waals surface area contributed by atoms with Crippen LogP contribution in [0.15, 0.2) is 12.2 Å². The molecule has 6 nitrogen and oxygen atoms in total. The van der Waals surface area contributed by atoms with Crippen molar-refractivity contribution in [1.29, 1.82) is 0 Å². The molecule has 0 aromatic heterocycles. The first kappa shape index (κ1) is 22.8. The van der Waals surface area contributed by atoms with Gasteiger partial charge in [-0.15, -0.1) is 0 Å². The van der Waals surface area contributed by atoms with Gasteiger partial charge in [0.05, 0.1) is 24.7 Å². The fourth-order valence-corrected chi connectivity index (χ4v) is 4.65. The number of hydrogen-bond acceptors (Lipinski definition) is 4. The standard InChI is InChI=1S/C21H38N2O4Si/c1-8-9-10-17-18-12-11-16(23(18)20(25)27-21(2,3)4)15-22(17)19(24)26-13-14-28(5,6)7/h8-9,16-18H,10-15H2,1-7H3/b9-8-/t16-,17-,18+/m1/s1. The summed E-state index contributed by atoms with van der Waals surface area (Å²) in [4.78, 5) is 29.4. The van der Waals surface area contributed by atoms with E-state index in [-0.39, 0.29) is 30.3 Å². The normalized spacial score (nSPS) is 25.3. The van der Waals surface area contributed by atoms with Crippen molar-refractivity contribution < 1.29 is 19.1 Å². The highest BCUT2D eigenvalue weighted by molar-refractivity contribution is 6.76. The van der Waals surface area contributed by atoms with Crippen molar-refractivity contribution in [3.05, 3.63) is 12.2 Å².